The van der Waals surface area contributed by atoms with Crippen LogP contribution in [0.15, 0.2) is 24.4 Å². The number of methoxy groups -OCH3 is 1. The number of hydrogen-bond acceptors (Lipinski definition) is 6. The molecule has 30 heavy (non-hydrogen) atoms. The van der Waals surface area contributed by atoms with Gasteiger partial charge in [-0.3, -0.25) is 9.59 Å². The Morgan fingerprint density at radius 2 is 1.97 bits per heavy atom. The van der Waals surface area contributed by atoms with Crippen molar-refractivity contribution in [2.45, 2.75) is 56.3 Å². The zero-order valence-electron chi connectivity index (χ0n) is 17.9. The molecule has 0 spiro atoms. The molecule has 3 fully saturated rings. The van der Waals surface area contributed by atoms with E-state index >= 15 is 0 Å². The first-order chi connectivity index (χ1) is 14.5. The highest BCUT2D eigenvalue weighted by Gasteiger charge is 2.53. The highest BCUT2D eigenvalue weighted by atomic mass is 16.5. The van der Waals surface area contributed by atoms with E-state index in [0.29, 0.717) is 11.8 Å². The number of rotatable bonds is 4. The van der Waals surface area contributed by atoms with Crippen molar-refractivity contribution in [2.24, 2.45) is 5.92 Å². The molecule has 1 aromatic heterocycles. The van der Waals surface area contributed by atoms with Crippen molar-refractivity contribution < 1.29 is 24.2 Å². The fraction of sp³-hybridized carbons (Fsp3) is 0.682. The number of pyridine rings is 1. The summed E-state index contributed by atoms with van der Waals surface area (Å²) < 4.78 is 12.1. The van der Waals surface area contributed by atoms with Crippen molar-refractivity contribution in [1.29, 1.82) is 0 Å². The van der Waals surface area contributed by atoms with E-state index in [4.69, 9.17) is 19.4 Å². The number of hydrogen-bond donors (Lipinski definition) is 1. The number of ether oxygens (including phenoxy) is 2. The fourth-order valence-electron chi connectivity index (χ4n) is 5.11. The zero-order chi connectivity index (χ0) is 21.6. The van der Waals surface area contributed by atoms with Crippen LogP contribution in [0.3, 0.4) is 0 Å². The van der Waals surface area contributed by atoms with Crippen LogP contribution in [0.1, 0.15) is 38.5 Å². The normalized spacial score (nSPS) is 29.5. The Morgan fingerprint density at radius 3 is 2.60 bits per heavy atom. The molecule has 1 aliphatic carbocycles. The van der Waals surface area contributed by atoms with Crippen molar-refractivity contribution in [3.63, 3.8) is 0 Å². The average Bonchev–Trinajstić information content (AvgIpc) is 3.14. The zero-order valence-corrected chi connectivity index (χ0v) is 17.9. The summed E-state index contributed by atoms with van der Waals surface area (Å²) in [6.45, 7) is 2.57. The first-order valence-corrected chi connectivity index (χ1v) is 10.7. The van der Waals surface area contributed by atoms with E-state index in [0.717, 1.165) is 58.2 Å². The summed E-state index contributed by atoms with van der Waals surface area (Å²) in [6.07, 6.45) is 7.40. The Kier molecular flexibility index (Phi) is 7.66. The Labute approximate surface area is 178 Å². The number of likely N-dealkylation sites (tertiary alicyclic amines) is 2. The van der Waals surface area contributed by atoms with Gasteiger partial charge in [0.25, 0.3) is 6.47 Å². The van der Waals surface area contributed by atoms with Crippen LogP contribution >= 0.6 is 0 Å². The summed E-state index contributed by atoms with van der Waals surface area (Å²) in [4.78, 5) is 30.4. The van der Waals surface area contributed by atoms with E-state index < -0.39 is 0 Å². The maximum Gasteiger partial charge on any atom is 0.290 e. The van der Waals surface area contributed by atoms with E-state index in [9.17, 15) is 4.79 Å². The largest absolute Gasteiger partial charge is 0.483 e. The fourth-order valence-corrected chi connectivity index (χ4v) is 5.11. The molecule has 0 radical (unpaired) electrons. The van der Waals surface area contributed by atoms with E-state index in [-0.39, 0.29) is 30.1 Å². The van der Waals surface area contributed by atoms with Gasteiger partial charge >= 0.3 is 0 Å². The van der Waals surface area contributed by atoms with Gasteiger partial charge in [0.1, 0.15) is 6.10 Å². The maximum atomic E-state index is 13.3. The number of carboxylic acid groups (broad SMARTS) is 1. The van der Waals surface area contributed by atoms with Gasteiger partial charge in [0.05, 0.1) is 11.6 Å². The number of amides is 1. The monoisotopic (exact) mass is 419 g/mol. The van der Waals surface area contributed by atoms with Crippen LogP contribution in [0.4, 0.5) is 0 Å². The molecule has 3 heterocycles. The van der Waals surface area contributed by atoms with E-state index in [1.165, 1.54) is 0 Å². The molecule has 4 rings (SSSR count). The number of fused-ring (bicyclic) bond motifs is 1. The van der Waals surface area contributed by atoms with Crippen LogP contribution in [0.25, 0.3) is 0 Å². The van der Waals surface area contributed by atoms with Crippen LogP contribution in [-0.4, -0.2) is 83.8 Å². The van der Waals surface area contributed by atoms with E-state index in [1.807, 2.05) is 18.2 Å². The highest BCUT2D eigenvalue weighted by molar-refractivity contribution is 5.80. The van der Waals surface area contributed by atoms with Gasteiger partial charge in [-0.05, 0) is 58.3 Å². The van der Waals surface area contributed by atoms with Crippen LogP contribution < -0.4 is 4.74 Å². The lowest BCUT2D eigenvalue weighted by molar-refractivity contribution is -0.144. The van der Waals surface area contributed by atoms with Gasteiger partial charge in [0, 0.05) is 38.3 Å². The van der Waals surface area contributed by atoms with E-state index in [1.54, 1.807) is 13.3 Å². The van der Waals surface area contributed by atoms with Gasteiger partial charge in [-0.1, -0.05) is 6.07 Å². The number of nitrogens with zero attached hydrogens (tertiary/aromatic N) is 3. The lowest BCUT2D eigenvalue weighted by atomic mass is 9.78. The maximum absolute atomic E-state index is 13.3. The Balaban J connectivity index is 0.000000806. The molecule has 1 amide bonds. The summed E-state index contributed by atoms with van der Waals surface area (Å²) >= 11 is 0. The van der Waals surface area contributed by atoms with Crippen molar-refractivity contribution in [3.05, 3.63) is 24.4 Å². The molecule has 1 saturated carbocycles. The third-order valence-electron chi connectivity index (χ3n) is 6.82. The summed E-state index contributed by atoms with van der Waals surface area (Å²) in [7, 11) is 3.93. The molecule has 166 valence electrons. The Hall–Kier alpha value is -2.19. The van der Waals surface area contributed by atoms with Gasteiger partial charge < -0.3 is 24.4 Å². The van der Waals surface area contributed by atoms with Crippen molar-refractivity contribution in [1.82, 2.24) is 14.8 Å². The number of carbonyl (C=O) groups is 2. The topological polar surface area (TPSA) is 92.2 Å². The van der Waals surface area contributed by atoms with Crippen LogP contribution in [0, 0.1) is 5.92 Å². The summed E-state index contributed by atoms with van der Waals surface area (Å²) in [6, 6.07) is 5.84. The predicted octanol–water partition coefficient (Wildman–Crippen LogP) is 2.04. The predicted molar refractivity (Wildman–Crippen MR) is 111 cm³/mol. The van der Waals surface area contributed by atoms with Gasteiger partial charge in [-0.2, -0.15) is 0 Å². The Bertz CT molecular complexity index is 695. The quantitative estimate of drug-likeness (QED) is 0.747. The summed E-state index contributed by atoms with van der Waals surface area (Å²) in [5, 5.41) is 6.89. The molecule has 1 N–H and O–H groups in total. The molecule has 8 heteroatoms. The molecule has 8 nitrogen and oxygen atoms in total. The van der Waals surface area contributed by atoms with Crippen LogP contribution in [0.2, 0.25) is 0 Å². The molecule has 3 aliphatic rings. The average molecular weight is 420 g/mol. The van der Waals surface area contributed by atoms with Gasteiger partial charge in [0.15, 0.2) is 0 Å². The highest BCUT2D eigenvalue weighted by Crippen LogP contribution is 2.44. The van der Waals surface area contributed by atoms with Crippen molar-refractivity contribution >= 4 is 12.4 Å². The summed E-state index contributed by atoms with van der Waals surface area (Å²) in [5.41, 5.74) is -0.203. The molecule has 0 unspecified atom stereocenters. The molecule has 2 aliphatic heterocycles. The minimum atomic E-state index is -0.250. The number of carbonyl (C=O) groups excluding carboxylic acids is 1. The van der Waals surface area contributed by atoms with Gasteiger partial charge in [0.2, 0.25) is 11.8 Å². The first-order valence-electron chi connectivity index (χ1n) is 10.7. The van der Waals surface area contributed by atoms with Crippen LogP contribution in [-0.2, 0) is 14.3 Å². The second-order valence-electron chi connectivity index (χ2n) is 8.43. The Morgan fingerprint density at radius 1 is 1.23 bits per heavy atom. The summed E-state index contributed by atoms with van der Waals surface area (Å²) in [5.74, 6) is 1.15. The molecule has 0 aromatic carbocycles. The minimum absolute atomic E-state index is 0.0825. The van der Waals surface area contributed by atoms with E-state index in [2.05, 4.69) is 21.8 Å². The second kappa shape index (κ2) is 10.2. The number of piperidine rings is 1. The standard InChI is InChI=1S/C21H31N3O3.CH2O2/c1-23-12-7-16(8-13-23)20(25)24-14-10-21(26-2)9-6-17(15-18(21)24)27-19-5-3-4-11-22-19;2-1-3/h3-5,11,16-18H,6-10,12-15H2,1-2H3;1H,(H,2,3)/t17-,18-,21+;/m0./s1. The smallest absolute Gasteiger partial charge is 0.290 e. The molecular weight excluding hydrogens is 386 g/mol. The SMILES string of the molecule is CO[C@@]12CC[C@H](Oc3ccccn3)C[C@@H]1N(C(=O)C1CCN(C)CC1)CC2.O=CO. The third-order valence-corrected chi connectivity index (χ3v) is 6.82. The lowest BCUT2D eigenvalue weighted by Crippen LogP contribution is -2.55. The number of aromatic nitrogens is 1. The van der Waals surface area contributed by atoms with Gasteiger partial charge in [-0.15, -0.1) is 0 Å². The van der Waals surface area contributed by atoms with Crippen molar-refractivity contribution in [3.8, 4) is 5.88 Å². The molecule has 3 atom stereocenters. The lowest BCUT2D eigenvalue weighted by Gasteiger charge is -2.44. The molecular formula is C22H33N3O5. The first kappa shape index (κ1) is 22.5. The molecule has 0 bridgehead atoms. The van der Waals surface area contributed by atoms with Crippen LogP contribution in [0.5, 0.6) is 5.88 Å². The second-order valence-corrected chi connectivity index (χ2v) is 8.43. The minimum Gasteiger partial charge on any atom is -0.483 e. The third kappa shape index (κ3) is 4.92. The van der Waals surface area contributed by atoms with Gasteiger partial charge in [-0.25, -0.2) is 4.98 Å². The van der Waals surface area contributed by atoms with Crippen molar-refractivity contribution in [2.75, 3.05) is 33.8 Å². The molecule has 1 aromatic rings. The molecule has 2 saturated heterocycles.